The van der Waals surface area contributed by atoms with E-state index >= 15 is 0 Å². The zero-order valence-electron chi connectivity index (χ0n) is 8.74. The second kappa shape index (κ2) is 5.08. The first-order valence-electron chi connectivity index (χ1n) is 5.15. The molecule has 0 bridgehead atoms. The van der Waals surface area contributed by atoms with Gasteiger partial charge in [-0.1, -0.05) is 26.7 Å². The largest absolute Gasteiger partial charge is 0.207 e. The second-order valence-electron chi connectivity index (χ2n) is 3.54. The molecule has 0 aliphatic carbocycles. The molecule has 78 valence electrons. The van der Waals surface area contributed by atoms with Crippen LogP contribution in [-0.4, -0.2) is 0 Å². The number of rotatable bonds is 4. The van der Waals surface area contributed by atoms with E-state index in [1.54, 1.807) is 0 Å². The third kappa shape index (κ3) is 2.53. The van der Waals surface area contributed by atoms with E-state index in [-0.39, 0.29) is 5.56 Å². The van der Waals surface area contributed by atoms with Crippen LogP contribution in [0.3, 0.4) is 0 Å². The summed E-state index contributed by atoms with van der Waals surface area (Å²) in [6.07, 6.45) is 2.89. The first kappa shape index (κ1) is 11.2. The van der Waals surface area contributed by atoms with Crippen LogP contribution in [0.1, 0.15) is 37.8 Å². The maximum atomic E-state index is 13.4. The van der Waals surface area contributed by atoms with Crippen LogP contribution >= 0.6 is 0 Å². The molecule has 0 aromatic heterocycles. The predicted octanol–water partition coefficient (Wildman–Crippen LogP) is 3.87. The summed E-state index contributed by atoms with van der Waals surface area (Å²) < 4.78 is 26.8. The van der Waals surface area contributed by atoms with Crippen molar-refractivity contribution in [1.29, 1.82) is 0 Å². The minimum Gasteiger partial charge on any atom is -0.207 e. The molecule has 0 heterocycles. The molecule has 0 unspecified atom stereocenters. The van der Waals surface area contributed by atoms with Gasteiger partial charge in [-0.2, -0.15) is 0 Å². The van der Waals surface area contributed by atoms with E-state index < -0.39 is 11.6 Å². The highest BCUT2D eigenvalue weighted by Crippen LogP contribution is 2.18. The third-order valence-corrected chi connectivity index (χ3v) is 2.24. The van der Waals surface area contributed by atoms with Gasteiger partial charge in [0.15, 0.2) is 0 Å². The molecule has 0 amide bonds. The van der Waals surface area contributed by atoms with Crippen LogP contribution in [0.4, 0.5) is 8.78 Å². The quantitative estimate of drug-likeness (QED) is 0.689. The number of benzene rings is 1. The van der Waals surface area contributed by atoms with E-state index in [0.29, 0.717) is 6.42 Å². The number of aryl methyl sites for hydroxylation is 1. The van der Waals surface area contributed by atoms with Crippen LogP contribution in [0.25, 0.3) is 0 Å². The summed E-state index contributed by atoms with van der Waals surface area (Å²) in [4.78, 5) is 0. The summed E-state index contributed by atoms with van der Waals surface area (Å²) in [5.41, 5.74) is 0.981. The van der Waals surface area contributed by atoms with Crippen molar-refractivity contribution in [3.05, 3.63) is 34.9 Å². The van der Waals surface area contributed by atoms with Gasteiger partial charge in [-0.3, -0.25) is 0 Å². The molecule has 1 aromatic rings. The van der Waals surface area contributed by atoms with Crippen LogP contribution < -0.4 is 0 Å². The Hall–Kier alpha value is -0.920. The molecule has 0 aliphatic heterocycles. The smallest absolute Gasteiger partial charge is 0.129 e. The lowest BCUT2D eigenvalue weighted by molar-refractivity contribution is 0.549. The van der Waals surface area contributed by atoms with Crippen LogP contribution in [0.2, 0.25) is 0 Å². The van der Waals surface area contributed by atoms with Crippen molar-refractivity contribution < 1.29 is 8.78 Å². The first-order chi connectivity index (χ1) is 6.69. The number of hydrogen-bond donors (Lipinski definition) is 0. The summed E-state index contributed by atoms with van der Waals surface area (Å²) in [6, 6.07) is 2.91. The first-order valence-corrected chi connectivity index (χ1v) is 5.15. The fourth-order valence-corrected chi connectivity index (χ4v) is 1.58. The Bertz CT molecular complexity index is 282. The third-order valence-electron chi connectivity index (χ3n) is 2.24. The Kier molecular flexibility index (Phi) is 4.05. The second-order valence-corrected chi connectivity index (χ2v) is 3.54. The molecule has 0 atom stereocenters. The monoisotopic (exact) mass is 198 g/mol. The van der Waals surface area contributed by atoms with E-state index in [9.17, 15) is 8.78 Å². The molecule has 0 fully saturated rings. The summed E-state index contributed by atoms with van der Waals surface area (Å²) in [6.45, 7) is 3.91. The highest BCUT2D eigenvalue weighted by molar-refractivity contribution is 5.26. The molecular formula is C12H16F2. The van der Waals surface area contributed by atoms with E-state index in [0.717, 1.165) is 24.8 Å². The fourth-order valence-electron chi connectivity index (χ4n) is 1.58. The van der Waals surface area contributed by atoms with Gasteiger partial charge in [0, 0.05) is 5.56 Å². The van der Waals surface area contributed by atoms with Gasteiger partial charge in [0.25, 0.3) is 0 Å². The normalized spacial score (nSPS) is 10.6. The Morgan fingerprint density at radius 3 is 1.86 bits per heavy atom. The van der Waals surface area contributed by atoms with E-state index in [1.165, 1.54) is 12.1 Å². The van der Waals surface area contributed by atoms with Gasteiger partial charge in [-0.15, -0.1) is 0 Å². The molecule has 0 nitrogen and oxygen atoms in total. The van der Waals surface area contributed by atoms with Crippen LogP contribution in [0.5, 0.6) is 0 Å². The zero-order valence-corrected chi connectivity index (χ0v) is 8.74. The van der Waals surface area contributed by atoms with Crippen LogP contribution in [-0.2, 0) is 12.8 Å². The Labute approximate surface area is 84.0 Å². The average molecular weight is 198 g/mol. The summed E-state index contributed by atoms with van der Waals surface area (Å²) in [5, 5.41) is 0. The van der Waals surface area contributed by atoms with Gasteiger partial charge >= 0.3 is 0 Å². The summed E-state index contributed by atoms with van der Waals surface area (Å²) in [5.74, 6) is -0.786. The highest BCUT2D eigenvalue weighted by Gasteiger charge is 2.09. The zero-order chi connectivity index (χ0) is 10.6. The van der Waals surface area contributed by atoms with E-state index in [4.69, 9.17) is 0 Å². The molecule has 1 rings (SSSR count). The maximum Gasteiger partial charge on any atom is 0.129 e. The fraction of sp³-hybridized carbons (Fsp3) is 0.500. The Morgan fingerprint density at radius 2 is 1.43 bits per heavy atom. The minimum atomic E-state index is -0.393. The molecule has 1 aromatic carbocycles. The molecule has 0 saturated heterocycles. The summed E-state index contributed by atoms with van der Waals surface area (Å²) in [7, 11) is 0. The summed E-state index contributed by atoms with van der Waals surface area (Å²) >= 11 is 0. The number of hydrogen-bond acceptors (Lipinski definition) is 0. The predicted molar refractivity (Wildman–Crippen MR) is 54.3 cm³/mol. The lowest BCUT2D eigenvalue weighted by Crippen LogP contribution is -1.98. The Morgan fingerprint density at radius 1 is 0.929 bits per heavy atom. The van der Waals surface area contributed by atoms with E-state index in [1.807, 2.05) is 13.8 Å². The lowest BCUT2D eigenvalue weighted by Gasteiger charge is -2.06. The van der Waals surface area contributed by atoms with Gasteiger partial charge < -0.3 is 0 Å². The standard InChI is InChI=1S/C12H16F2/c1-3-5-9-7-11(13)10(6-4-2)12(14)8-9/h7-8H,3-6H2,1-2H3. The molecule has 14 heavy (non-hydrogen) atoms. The van der Waals surface area contributed by atoms with Crippen molar-refractivity contribution in [2.75, 3.05) is 0 Å². The molecular weight excluding hydrogens is 182 g/mol. The van der Waals surface area contributed by atoms with Gasteiger partial charge in [0.1, 0.15) is 11.6 Å². The SMILES string of the molecule is CCCc1cc(F)c(CCC)c(F)c1. The lowest BCUT2D eigenvalue weighted by atomic mass is 10.0. The van der Waals surface area contributed by atoms with Crippen LogP contribution in [0.15, 0.2) is 12.1 Å². The topological polar surface area (TPSA) is 0 Å². The average Bonchev–Trinajstić information content (AvgIpc) is 2.12. The van der Waals surface area contributed by atoms with Gasteiger partial charge in [-0.05, 0) is 30.5 Å². The van der Waals surface area contributed by atoms with Crippen molar-refractivity contribution >= 4 is 0 Å². The van der Waals surface area contributed by atoms with Crippen molar-refractivity contribution in [2.24, 2.45) is 0 Å². The van der Waals surface area contributed by atoms with Crippen molar-refractivity contribution in [3.8, 4) is 0 Å². The molecule has 0 spiro atoms. The molecule has 0 aliphatic rings. The van der Waals surface area contributed by atoms with E-state index in [2.05, 4.69) is 0 Å². The van der Waals surface area contributed by atoms with Crippen molar-refractivity contribution in [1.82, 2.24) is 0 Å². The van der Waals surface area contributed by atoms with Gasteiger partial charge in [0.2, 0.25) is 0 Å². The van der Waals surface area contributed by atoms with Crippen LogP contribution in [0, 0.1) is 11.6 Å². The van der Waals surface area contributed by atoms with Crippen molar-refractivity contribution in [2.45, 2.75) is 39.5 Å². The number of halogens is 2. The maximum absolute atomic E-state index is 13.4. The van der Waals surface area contributed by atoms with Gasteiger partial charge in [0.05, 0.1) is 0 Å². The van der Waals surface area contributed by atoms with Crippen molar-refractivity contribution in [3.63, 3.8) is 0 Å². The molecule has 0 saturated carbocycles. The molecule has 2 heteroatoms. The highest BCUT2D eigenvalue weighted by atomic mass is 19.1. The minimum absolute atomic E-state index is 0.229. The Balaban J connectivity index is 2.98. The van der Waals surface area contributed by atoms with Gasteiger partial charge in [-0.25, -0.2) is 8.78 Å². The molecule has 0 N–H and O–H groups in total. The molecule has 0 radical (unpaired) electrons.